The van der Waals surface area contributed by atoms with E-state index in [1.54, 1.807) is 36.4 Å². The number of hydrogen-bond acceptors (Lipinski definition) is 6. The molecule has 0 saturated heterocycles. The van der Waals surface area contributed by atoms with Crippen molar-refractivity contribution in [1.29, 1.82) is 0 Å². The number of fused-ring (bicyclic) bond motifs is 1. The van der Waals surface area contributed by atoms with Crippen molar-refractivity contribution in [2.24, 2.45) is 5.10 Å². The van der Waals surface area contributed by atoms with Crippen molar-refractivity contribution in [2.75, 3.05) is 7.11 Å². The van der Waals surface area contributed by atoms with E-state index in [2.05, 4.69) is 22.5 Å². The largest absolute Gasteiger partial charge is 0.504 e. The molecule has 1 amide bonds. The molecular weight excluding hydrogens is 384 g/mol. The van der Waals surface area contributed by atoms with Crippen LogP contribution in [0.4, 0.5) is 0 Å². The van der Waals surface area contributed by atoms with E-state index < -0.39 is 5.91 Å². The second-order valence-electron chi connectivity index (χ2n) is 6.76. The predicted octanol–water partition coefficient (Wildman–Crippen LogP) is 3.06. The number of phenols is 1. The molecule has 1 heterocycles. The molecule has 0 atom stereocenters. The molecule has 0 aliphatic rings. The molecule has 156 valence electrons. The van der Waals surface area contributed by atoms with Gasteiger partial charge in [-0.3, -0.25) is 9.59 Å². The number of hydrogen-bond donors (Lipinski definition) is 2. The lowest BCUT2D eigenvalue weighted by Gasteiger charge is -2.10. The zero-order chi connectivity index (χ0) is 21.5. The maximum atomic E-state index is 12.7. The highest BCUT2D eigenvalue weighted by atomic mass is 16.5. The first-order chi connectivity index (χ1) is 14.5. The van der Waals surface area contributed by atoms with Gasteiger partial charge in [0.1, 0.15) is 0 Å². The monoisotopic (exact) mass is 408 g/mol. The Kier molecular flexibility index (Phi) is 6.79. The number of amides is 1. The summed E-state index contributed by atoms with van der Waals surface area (Å²) in [5.41, 5.74) is 2.94. The minimum Gasteiger partial charge on any atom is -0.504 e. The highest BCUT2D eigenvalue weighted by Crippen LogP contribution is 2.25. The minimum atomic E-state index is -0.524. The molecule has 2 N–H and O–H groups in total. The topological polar surface area (TPSA) is 106 Å². The van der Waals surface area contributed by atoms with Gasteiger partial charge in [-0.1, -0.05) is 38.0 Å². The van der Waals surface area contributed by atoms with Crippen LogP contribution in [-0.2, 0) is 6.54 Å². The van der Waals surface area contributed by atoms with Crippen LogP contribution in [0.25, 0.3) is 10.8 Å². The van der Waals surface area contributed by atoms with Crippen LogP contribution >= 0.6 is 0 Å². The number of rotatable bonds is 8. The van der Waals surface area contributed by atoms with Gasteiger partial charge < -0.3 is 9.84 Å². The van der Waals surface area contributed by atoms with Gasteiger partial charge in [-0.15, -0.1) is 0 Å². The molecule has 0 bridgehead atoms. The van der Waals surface area contributed by atoms with Crippen LogP contribution in [-0.4, -0.2) is 34.1 Å². The summed E-state index contributed by atoms with van der Waals surface area (Å²) in [6.07, 6.45) is 4.20. The van der Waals surface area contributed by atoms with Crippen molar-refractivity contribution >= 4 is 22.9 Å². The first kappa shape index (κ1) is 21.0. The third-order valence-electron chi connectivity index (χ3n) is 4.64. The SMILES string of the molecule is CCCCCn1nc(C(=O)N/N=C\c2ccc(OC)c(O)c2)c2ccccc2c1=O. The molecule has 0 fully saturated rings. The molecule has 8 nitrogen and oxygen atoms in total. The van der Waals surface area contributed by atoms with Crippen LogP contribution in [0, 0.1) is 0 Å². The van der Waals surface area contributed by atoms with Crippen molar-refractivity contribution < 1.29 is 14.6 Å². The Morgan fingerprint density at radius 3 is 2.70 bits per heavy atom. The van der Waals surface area contributed by atoms with Crippen LogP contribution in [0.3, 0.4) is 0 Å². The van der Waals surface area contributed by atoms with E-state index in [1.165, 1.54) is 24.1 Å². The summed E-state index contributed by atoms with van der Waals surface area (Å²) in [7, 11) is 1.46. The van der Waals surface area contributed by atoms with E-state index in [-0.39, 0.29) is 17.0 Å². The van der Waals surface area contributed by atoms with Crippen LogP contribution < -0.4 is 15.7 Å². The molecule has 0 radical (unpaired) electrons. The number of carbonyl (C=O) groups is 1. The number of aromatic hydroxyl groups is 1. The van der Waals surface area contributed by atoms with E-state index in [1.807, 2.05) is 0 Å². The summed E-state index contributed by atoms with van der Waals surface area (Å²) in [6, 6.07) is 11.7. The molecule has 8 heteroatoms. The second-order valence-corrected chi connectivity index (χ2v) is 6.76. The van der Waals surface area contributed by atoms with E-state index in [9.17, 15) is 14.7 Å². The summed E-state index contributed by atoms with van der Waals surface area (Å²) in [6.45, 7) is 2.53. The molecule has 0 saturated carbocycles. The van der Waals surface area contributed by atoms with Crippen molar-refractivity contribution in [3.05, 3.63) is 64.1 Å². The van der Waals surface area contributed by atoms with Gasteiger partial charge in [-0.25, -0.2) is 10.1 Å². The number of carbonyl (C=O) groups excluding carboxylic acids is 1. The molecule has 3 aromatic rings. The molecule has 0 unspecified atom stereocenters. The number of nitrogens with one attached hydrogen (secondary N) is 1. The van der Waals surface area contributed by atoms with Crippen LogP contribution in [0.2, 0.25) is 0 Å². The molecule has 30 heavy (non-hydrogen) atoms. The number of aromatic nitrogens is 2. The summed E-state index contributed by atoms with van der Waals surface area (Å²) in [5, 5.41) is 19.0. The van der Waals surface area contributed by atoms with Gasteiger partial charge in [0.25, 0.3) is 11.5 Å². The Morgan fingerprint density at radius 2 is 2.00 bits per heavy atom. The maximum absolute atomic E-state index is 12.7. The van der Waals surface area contributed by atoms with E-state index >= 15 is 0 Å². The quantitative estimate of drug-likeness (QED) is 0.339. The zero-order valence-corrected chi connectivity index (χ0v) is 17.0. The summed E-state index contributed by atoms with van der Waals surface area (Å²) < 4.78 is 6.34. The van der Waals surface area contributed by atoms with Crippen molar-refractivity contribution in [3.8, 4) is 11.5 Å². The average molecular weight is 408 g/mol. The number of ether oxygens (including phenoxy) is 1. The minimum absolute atomic E-state index is 0.0282. The first-order valence-corrected chi connectivity index (χ1v) is 9.75. The van der Waals surface area contributed by atoms with Gasteiger partial charge in [-0.05, 0) is 36.2 Å². The van der Waals surface area contributed by atoms with Gasteiger partial charge in [0.15, 0.2) is 17.2 Å². The van der Waals surface area contributed by atoms with Gasteiger partial charge >= 0.3 is 0 Å². The van der Waals surface area contributed by atoms with Crippen molar-refractivity contribution in [3.63, 3.8) is 0 Å². The third kappa shape index (κ3) is 4.65. The fourth-order valence-corrected chi connectivity index (χ4v) is 3.07. The lowest BCUT2D eigenvalue weighted by Crippen LogP contribution is -2.29. The number of benzene rings is 2. The van der Waals surface area contributed by atoms with Crippen molar-refractivity contribution in [1.82, 2.24) is 15.2 Å². The van der Waals surface area contributed by atoms with Crippen molar-refractivity contribution in [2.45, 2.75) is 32.7 Å². The fourth-order valence-electron chi connectivity index (χ4n) is 3.07. The number of hydrazone groups is 1. The number of phenolic OH excluding ortho intramolecular Hbond substituents is 1. The van der Waals surface area contributed by atoms with E-state index in [4.69, 9.17) is 4.74 Å². The molecule has 0 spiro atoms. The normalized spacial score (nSPS) is 11.1. The van der Waals surface area contributed by atoms with Crippen LogP contribution in [0.1, 0.15) is 42.2 Å². The highest BCUT2D eigenvalue weighted by molar-refractivity contribution is 6.04. The third-order valence-corrected chi connectivity index (χ3v) is 4.64. The molecule has 3 rings (SSSR count). The van der Waals surface area contributed by atoms with Gasteiger partial charge in [0.05, 0.1) is 18.7 Å². The lowest BCUT2D eigenvalue weighted by atomic mass is 10.1. The number of methoxy groups -OCH3 is 1. The van der Waals surface area contributed by atoms with Crippen LogP contribution in [0.15, 0.2) is 52.4 Å². The van der Waals surface area contributed by atoms with E-state index in [0.717, 1.165) is 19.3 Å². The Morgan fingerprint density at radius 1 is 1.23 bits per heavy atom. The smallest absolute Gasteiger partial charge is 0.292 e. The number of aryl methyl sites for hydroxylation is 1. The maximum Gasteiger partial charge on any atom is 0.292 e. The lowest BCUT2D eigenvalue weighted by molar-refractivity contribution is 0.0949. The van der Waals surface area contributed by atoms with Crippen LogP contribution in [0.5, 0.6) is 11.5 Å². The second kappa shape index (κ2) is 9.69. The molecule has 1 aromatic heterocycles. The fraction of sp³-hybridized carbons (Fsp3) is 0.273. The Hall–Kier alpha value is -3.68. The average Bonchev–Trinajstić information content (AvgIpc) is 2.75. The zero-order valence-electron chi connectivity index (χ0n) is 17.0. The number of nitrogens with zero attached hydrogens (tertiary/aromatic N) is 3. The van der Waals surface area contributed by atoms with Gasteiger partial charge in [0, 0.05) is 11.9 Å². The standard InChI is InChI=1S/C22H24N4O4/c1-3-4-7-12-26-22(29)17-9-6-5-8-16(17)20(25-26)21(28)24-23-14-15-10-11-19(30-2)18(27)13-15/h5-6,8-11,13-14,27H,3-4,7,12H2,1-2H3,(H,24,28)/b23-14-. The molecule has 2 aromatic carbocycles. The Balaban J connectivity index is 1.85. The van der Waals surface area contributed by atoms with Gasteiger partial charge in [-0.2, -0.15) is 10.2 Å². The molecule has 0 aliphatic carbocycles. The van der Waals surface area contributed by atoms with E-state index in [0.29, 0.717) is 28.6 Å². The number of unbranched alkanes of at least 4 members (excludes halogenated alkanes) is 2. The molecule has 0 aliphatic heterocycles. The summed E-state index contributed by atoms with van der Waals surface area (Å²) in [5.74, 6) is -0.207. The Labute approximate surface area is 173 Å². The Bertz CT molecular complexity index is 1140. The predicted molar refractivity (Wildman–Crippen MR) is 115 cm³/mol. The first-order valence-electron chi connectivity index (χ1n) is 9.75. The van der Waals surface area contributed by atoms with Gasteiger partial charge in [0.2, 0.25) is 0 Å². The summed E-state index contributed by atoms with van der Waals surface area (Å²) in [4.78, 5) is 25.4. The molecular formula is C22H24N4O4. The summed E-state index contributed by atoms with van der Waals surface area (Å²) >= 11 is 0. The highest BCUT2D eigenvalue weighted by Gasteiger charge is 2.16.